The third-order valence-electron chi connectivity index (χ3n) is 4.01. The molecule has 0 fully saturated rings. The second-order valence-electron chi connectivity index (χ2n) is 5.24. The lowest BCUT2D eigenvalue weighted by molar-refractivity contribution is 0.105. The average molecular weight is 351 g/mol. The van der Waals surface area contributed by atoms with Crippen molar-refractivity contribution in [1.82, 2.24) is 0 Å². The van der Waals surface area contributed by atoms with Crippen molar-refractivity contribution in [2.24, 2.45) is 0 Å². The zero-order valence-corrected chi connectivity index (χ0v) is 13.1. The summed E-state index contributed by atoms with van der Waals surface area (Å²) in [4.78, 5) is 12.9. The molecule has 3 heteroatoms. The molecule has 0 amide bonds. The van der Waals surface area contributed by atoms with Crippen LogP contribution in [0, 0.1) is 0 Å². The van der Waals surface area contributed by atoms with Crippen LogP contribution in [0.2, 0.25) is 0 Å². The summed E-state index contributed by atoms with van der Waals surface area (Å²) in [5.74, 6) is -0.0905. The van der Waals surface area contributed by atoms with Crippen molar-refractivity contribution in [2.75, 3.05) is 0 Å². The Bertz CT molecular complexity index is 956. The van der Waals surface area contributed by atoms with Gasteiger partial charge < -0.3 is 5.11 Å². The van der Waals surface area contributed by atoms with Crippen molar-refractivity contribution in [3.63, 3.8) is 0 Å². The zero-order valence-electron chi connectivity index (χ0n) is 11.5. The molecule has 106 valence electrons. The summed E-state index contributed by atoms with van der Waals surface area (Å²) in [7, 11) is 0. The van der Waals surface area contributed by atoms with Crippen molar-refractivity contribution >= 4 is 43.8 Å². The van der Waals surface area contributed by atoms with Crippen LogP contribution in [-0.2, 0) is 0 Å². The lowest BCUT2D eigenvalue weighted by Crippen LogP contribution is -2.12. The Hall–Kier alpha value is -2.39. The molecule has 3 aromatic rings. The van der Waals surface area contributed by atoms with Gasteiger partial charge in [-0.25, -0.2) is 0 Å². The Labute approximate surface area is 135 Å². The van der Waals surface area contributed by atoms with Crippen LogP contribution < -0.4 is 0 Å². The number of halogens is 1. The van der Waals surface area contributed by atoms with Crippen molar-refractivity contribution in [1.29, 1.82) is 0 Å². The Morgan fingerprint density at radius 2 is 1.59 bits per heavy atom. The van der Waals surface area contributed by atoms with Crippen LogP contribution in [0.1, 0.15) is 21.5 Å². The zero-order chi connectivity index (χ0) is 15.3. The monoisotopic (exact) mass is 350 g/mol. The number of hydrogen-bond acceptors (Lipinski definition) is 2. The van der Waals surface area contributed by atoms with E-state index in [0.29, 0.717) is 16.7 Å². The average Bonchev–Trinajstić information content (AvgIpc) is 2.55. The molecule has 0 saturated heterocycles. The van der Waals surface area contributed by atoms with E-state index in [1.807, 2.05) is 60.7 Å². The minimum absolute atomic E-state index is 0.0485. The fourth-order valence-corrected chi connectivity index (χ4v) is 3.47. The van der Waals surface area contributed by atoms with E-state index in [2.05, 4.69) is 15.9 Å². The normalized spacial score (nSPS) is 13.8. The molecular weight excluding hydrogens is 340 g/mol. The van der Waals surface area contributed by atoms with Gasteiger partial charge in [-0.1, -0.05) is 64.5 Å². The standard InChI is InChI=1S/C19H11BrO2/c20-15-10-9-14-17-12(15)7-4-8-13(17)18(21)16(19(14)22)11-5-2-1-3-6-11/h1-10,21H. The molecule has 0 aromatic heterocycles. The number of rotatable bonds is 1. The van der Waals surface area contributed by atoms with Gasteiger partial charge in [0.25, 0.3) is 0 Å². The second-order valence-corrected chi connectivity index (χ2v) is 6.10. The molecule has 22 heavy (non-hydrogen) atoms. The number of allylic oxidation sites excluding steroid dienone is 1. The van der Waals surface area contributed by atoms with Crippen molar-refractivity contribution in [3.8, 4) is 0 Å². The summed E-state index contributed by atoms with van der Waals surface area (Å²) in [6, 6.07) is 18.7. The number of benzene rings is 3. The Kier molecular flexibility index (Phi) is 2.91. The molecular formula is C19H11BrO2. The van der Waals surface area contributed by atoms with Crippen LogP contribution in [0.5, 0.6) is 0 Å². The summed E-state index contributed by atoms with van der Waals surface area (Å²) in [5.41, 5.74) is 2.43. The SMILES string of the molecule is O=C1C(c2ccccc2)=C(O)c2cccc3c(Br)ccc1c23. The van der Waals surface area contributed by atoms with Crippen molar-refractivity contribution < 1.29 is 9.90 Å². The first kappa shape index (κ1) is 13.3. The minimum Gasteiger partial charge on any atom is -0.507 e. The largest absolute Gasteiger partial charge is 0.507 e. The summed E-state index contributed by atoms with van der Waals surface area (Å²) in [6.07, 6.45) is 0. The van der Waals surface area contributed by atoms with Crippen LogP contribution in [0.15, 0.2) is 65.1 Å². The molecule has 0 aliphatic heterocycles. The van der Waals surface area contributed by atoms with E-state index < -0.39 is 0 Å². The molecule has 0 spiro atoms. The van der Waals surface area contributed by atoms with Crippen molar-refractivity contribution in [3.05, 3.63) is 81.8 Å². The van der Waals surface area contributed by atoms with Gasteiger partial charge in [0.05, 0.1) is 5.57 Å². The molecule has 0 saturated carbocycles. The Morgan fingerprint density at radius 3 is 2.36 bits per heavy atom. The molecule has 1 aliphatic rings. The van der Waals surface area contributed by atoms with Crippen LogP contribution in [0.3, 0.4) is 0 Å². The molecule has 4 rings (SSSR count). The third-order valence-corrected chi connectivity index (χ3v) is 4.71. The van der Waals surface area contributed by atoms with Gasteiger partial charge in [0, 0.05) is 21.0 Å². The molecule has 0 bridgehead atoms. The maximum atomic E-state index is 12.9. The number of carbonyl (C=O) groups excluding carboxylic acids is 1. The van der Waals surface area contributed by atoms with Gasteiger partial charge >= 0.3 is 0 Å². The summed E-state index contributed by atoms with van der Waals surface area (Å²) >= 11 is 3.51. The molecule has 1 aliphatic carbocycles. The van der Waals surface area contributed by atoms with Crippen molar-refractivity contribution in [2.45, 2.75) is 0 Å². The quantitative estimate of drug-likeness (QED) is 0.652. The third kappa shape index (κ3) is 1.76. The molecule has 0 radical (unpaired) electrons. The van der Waals surface area contributed by atoms with Gasteiger partial charge in [-0.3, -0.25) is 4.79 Å². The number of ketones is 1. The predicted molar refractivity (Wildman–Crippen MR) is 91.9 cm³/mol. The highest BCUT2D eigenvalue weighted by molar-refractivity contribution is 9.10. The number of carbonyl (C=O) groups is 1. The number of hydrogen-bond donors (Lipinski definition) is 1. The van der Waals surface area contributed by atoms with Gasteiger partial charge in [0.2, 0.25) is 0 Å². The lowest BCUT2D eigenvalue weighted by Gasteiger charge is -2.20. The fraction of sp³-hybridized carbons (Fsp3) is 0. The number of aliphatic hydroxyl groups is 1. The highest BCUT2D eigenvalue weighted by Gasteiger charge is 2.28. The Morgan fingerprint density at radius 1 is 0.818 bits per heavy atom. The van der Waals surface area contributed by atoms with Gasteiger partial charge in [-0.15, -0.1) is 0 Å². The summed E-state index contributed by atoms with van der Waals surface area (Å²) < 4.78 is 0.914. The Balaban J connectivity index is 2.12. The van der Waals surface area contributed by atoms with E-state index in [-0.39, 0.29) is 11.5 Å². The molecule has 0 atom stereocenters. The molecule has 0 heterocycles. The molecule has 2 nitrogen and oxygen atoms in total. The number of aliphatic hydroxyl groups excluding tert-OH is 1. The van der Waals surface area contributed by atoms with E-state index >= 15 is 0 Å². The first-order chi connectivity index (χ1) is 10.7. The smallest absolute Gasteiger partial charge is 0.198 e. The van der Waals surface area contributed by atoms with Gasteiger partial charge in [-0.2, -0.15) is 0 Å². The van der Waals surface area contributed by atoms with Gasteiger partial charge in [-0.05, 0) is 23.1 Å². The molecule has 0 unspecified atom stereocenters. The highest BCUT2D eigenvalue weighted by Crippen LogP contribution is 2.40. The van der Waals surface area contributed by atoms with Crippen LogP contribution >= 0.6 is 15.9 Å². The van der Waals surface area contributed by atoms with E-state index in [9.17, 15) is 9.90 Å². The first-order valence-electron chi connectivity index (χ1n) is 6.93. The van der Waals surface area contributed by atoms with E-state index in [1.54, 1.807) is 0 Å². The van der Waals surface area contributed by atoms with E-state index in [0.717, 1.165) is 20.8 Å². The van der Waals surface area contributed by atoms with Gasteiger partial charge in [0.15, 0.2) is 5.78 Å². The predicted octanol–water partition coefficient (Wildman–Crippen LogP) is 5.22. The van der Waals surface area contributed by atoms with Crippen LogP contribution in [-0.4, -0.2) is 10.9 Å². The summed E-state index contributed by atoms with van der Waals surface area (Å²) in [6.45, 7) is 0. The van der Waals surface area contributed by atoms with Gasteiger partial charge in [0.1, 0.15) is 5.76 Å². The minimum atomic E-state index is -0.139. The summed E-state index contributed by atoms with van der Waals surface area (Å²) in [5, 5.41) is 12.4. The maximum absolute atomic E-state index is 12.9. The lowest BCUT2D eigenvalue weighted by atomic mass is 9.84. The molecule has 3 aromatic carbocycles. The van der Waals surface area contributed by atoms with Crippen LogP contribution in [0.4, 0.5) is 0 Å². The topological polar surface area (TPSA) is 37.3 Å². The highest BCUT2D eigenvalue weighted by atomic mass is 79.9. The fourth-order valence-electron chi connectivity index (χ4n) is 3.01. The maximum Gasteiger partial charge on any atom is 0.198 e. The van der Waals surface area contributed by atoms with Crippen LogP contribution in [0.25, 0.3) is 22.1 Å². The number of Topliss-reactive ketones (excluding diaryl/α,β-unsaturated/α-hetero) is 1. The first-order valence-corrected chi connectivity index (χ1v) is 7.73. The molecule has 1 N–H and O–H groups in total. The van der Waals surface area contributed by atoms with E-state index in [4.69, 9.17) is 0 Å². The van der Waals surface area contributed by atoms with E-state index in [1.165, 1.54) is 0 Å². The second kappa shape index (κ2) is 4.82.